The molecule has 0 radical (unpaired) electrons. The largest absolute Gasteiger partial charge is 0.417 e. The molecule has 6 rings (SSSR count). The maximum atomic E-state index is 14.0. The number of fused-ring (bicyclic) bond motifs is 1. The number of Topliss-reactive ketones (excluding diaryl/α,β-unsaturated/α-hetero) is 1. The number of benzene rings is 3. The van der Waals surface area contributed by atoms with Gasteiger partial charge in [0.2, 0.25) is 10.0 Å². The van der Waals surface area contributed by atoms with E-state index in [0.29, 0.717) is 46.9 Å². The van der Waals surface area contributed by atoms with Crippen molar-refractivity contribution in [3.8, 4) is 22.4 Å². The maximum Gasteiger partial charge on any atom is 0.417 e. The molecule has 10 nitrogen and oxygen atoms in total. The maximum absolute atomic E-state index is 14.0. The summed E-state index contributed by atoms with van der Waals surface area (Å²) in [5.41, 5.74) is 1.11. The molecular formula is C34H34F4N6O4S. The van der Waals surface area contributed by atoms with E-state index in [-0.39, 0.29) is 33.9 Å². The number of piperidine rings is 1. The Morgan fingerprint density at radius 1 is 1.06 bits per heavy atom. The van der Waals surface area contributed by atoms with Gasteiger partial charge in [-0.25, -0.2) is 17.5 Å². The van der Waals surface area contributed by atoms with Gasteiger partial charge in [-0.3, -0.25) is 9.48 Å². The van der Waals surface area contributed by atoms with E-state index >= 15 is 0 Å². The number of nitrogens with zero attached hydrogens (tertiary/aromatic N) is 4. The molecule has 1 aliphatic heterocycles. The summed E-state index contributed by atoms with van der Waals surface area (Å²) in [6.45, 7) is 3.54. The van der Waals surface area contributed by atoms with Crippen LogP contribution >= 0.6 is 0 Å². The van der Waals surface area contributed by atoms with E-state index in [4.69, 9.17) is 0 Å². The highest BCUT2D eigenvalue weighted by atomic mass is 32.2. The van der Waals surface area contributed by atoms with E-state index in [9.17, 15) is 35.9 Å². The minimum absolute atomic E-state index is 0.0783. The quantitative estimate of drug-likeness (QED) is 0.120. The third kappa shape index (κ3) is 7.44. The number of carbonyl (C=O) groups is 1. The number of rotatable bonds is 11. The molecule has 3 aromatic carbocycles. The summed E-state index contributed by atoms with van der Waals surface area (Å²) in [7, 11) is -3.92. The van der Waals surface area contributed by atoms with Crippen LogP contribution in [-0.2, 0) is 29.4 Å². The fraction of sp³-hybridized carbons (Fsp3) is 0.324. The molecule has 2 aromatic heterocycles. The van der Waals surface area contributed by atoms with Crippen molar-refractivity contribution in [1.29, 1.82) is 0 Å². The first-order valence-electron chi connectivity index (χ1n) is 15.7. The lowest BCUT2D eigenvalue weighted by Crippen LogP contribution is -2.40. The van der Waals surface area contributed by atoms with Crippen LogP contribution in [-0.4, -0.2) is 70.4 Å². The number of aromatic nitrogens is 4. The minimum atomic E-state index is -4.65. The van der Waals surface area contributed by atoms with Crippen LogP contribution in [0, 0.1) is 11.7 Å². The predicted octanol–water partition coefficient (Wildman–Crippen LogP) is 5.64. The van der Waals surface area contributed by atoms with Crippen LogP contribution in [0.25, 0.3) is 33.3 Å². The number of hydrogen-bond donors (Lipinski definition) is 3. The second kappa shape index (κ2) is 13.8. The molecule has 15 heteroatoms. The number of carbonyl (C=O) groups excluding carboxylic acids is 1. The molecule has 0 atom stereocenters. The number of ketones is 1. The molecule has 3 heterocycles. The Morgan fingerprint density at radius 3 is 2.47 bits per heavy atom. The van der Waals surface area contributed by atoms with E-state index in [1.165, 1.54) is 55.5 Å². The molecule has 1 saturated heterocycles. The van der Waals surface area contributed by atoms with Crippen LogP contribution in [0.3, 0.4) is 0 Å². The molecule has 49 heavy (non-hydrogen) atoms. The highest BCUT2D eigenvalue weighted by Gasteiger charge is 2.34. The molecule has 5 aromatic rings. The first-order chi connectivity index (χ1) is 23.3. The Hall–Kier alpha value is -4.44. The van der Waals surface area contributed by atoms with Gasteiger partial charge in [-0.1, -0.05) is 29.5 Å². The van der Waals surface area contributed by atoms with Crippen molar-refractivity contribution in [3.05, 3.63) is 89.5 Å². The van der Waals surface area contributed by atoms with Crippen LogP contribution in [0.4, 0.5) is 17.6 Å². The summed E-state index contributed by atoms with van der Waals surface area (Å²) in [6, 6.07) is 12.9. The van der Waals surface area contributed by atoms with E-state index in [1.807, 2.05) is 0 Å². The summed E-state index contributed by atoms with van der Waals surface area (Å²) in [5, 5.41) is 18.7. The number of aliphatic hydroxyl groups is 1. The monoisotopic (exact) mass is 698 g/mol. The van der Waals surface area contributed by atoms with Gasteiger partial charge in [0.15, 0.2) is 5.78 Å². The van der Waals surface area contributed by atoms with E-state index in [2.05, 4.69) is 24.9 Å². The lowest BCUT2D eigenvalue weighted by Gasteiger charge is -2.31. The van der Waals surface area contributed by atoms with Crippen LogP contribution < -0.4 is 4.72 Å². The number of nitrogens with one attached hydrogen (secondary N) is 2. The van der Waals surface area contributed by atoms with Gasteiger partial charge in [-0.2, -0.15) is 13.2 Å². The van der Waals surface area contributed by atoms with Gasteiger partial charge in [0.1, 0.15) is 11.5 Å². The van der Waals surface area contributed by atoms with Crippen LogP contribution in [0.1, 0.15) is 41.4 Å². The van der Waals surface area contributed by atoms with Crippen molar-refractivity contribution in [2.45, 2.75) is 44.0 Å². The average molecular weight is 699 g/mol. The van der Waals surface area contributed by atoms with E-state index in [0.717, 1.165) is 32.0 Å². The fourth-order valence-corrected chi connectivity index (χ4v) is 7.41. The summed E-state index contributed by atoms with van der Waals surface area (Å²) >= 11 is 0. The van der Waals surface area contributed by atoms with Crippen LogP contribution in [0.15, 0.2) is 71.8 Å². The van der Waals surface area contributed by atoms with Gasteiger partial charge in [-0.15, -0.1) is 5.10 Å². The van der Waals surface area contributed by atoms with Crippen LogP contribution in [0.2, 0.25) is 0 Å². The number of alkyl halides is 3. The van der Waals surface area contributed by atoms with E-state index in [1.54, 1.807) is 16.9 Å². The number of aromatic amines is 1. The molecule has 0 amide bonds. The van der Waals surface area contributed by atoms with Crippen molar-refractivity contribution in [2.24, 2.45) is 5.92 Å². The molecule has 258 valence electrons. The van der Waals surface area contributed by atoms with E-state index < -0.39 is 34.2 Å². The van der Waals surface area contributed by atoms with Crippen LogP contribution in [0.5, 0.6) is 0 Å². The zero-order chi connectivity index (χ0) is 34.9. The standard InChI is InChI=1S/C34H34F4N6O4S/c1-21(46)33-32(27-17-25(35)7-10-29(27)40-33)30-19-44(42-41-30)18-22-11-14-43(15-12-22)16-13-39-49(47,48)26-8-5-23(6-9-26)31-24(20-45)3-2-4-28(31)34(36,37)38/h2-10,17,19,22,39-40,45H,11-16,18,20H2,1H3. The first-order valence-corrected chi connectivity index (χ1v) is 17.2. The topological polar surface area (TPSA) is 133 Å². The predicted molar refractivity (Wildman–Crippen MR) is 174 cm³/mol. The van der Waals surface area contributed by atoms with Crippen molar-refractivity contribution in [1.82, 2.24) is 29.6 Å². The SMILES string of the molecule is CC(=O)c1[nH]c2ccc(F)cc2c1-c1cn(CC2CCN(CCNS(=O)(=O)c3ccc(-c4c(CO)cccc4C(F)(F)F)cc3)CC2)nn1. The summed E-state index contributed by atoms with van der Waals surface area (Å²) in [4.78, 5) is 17.4. The normalized spacial score (nSPS) is 14.9. The Labute approximate surface area is 279 Å². The van der Waals surface area contributed by atoms with Crippen molar-refractivity contribution < 1.29 is 35.9 Å². The van der Waals surface area contributed by atoms with Gasteiger partial charge in [-0.05, 0) is 84.9 Å². The zero-order valence-electron chi connectivity index (χ0n) is 26.5. The van der Waals surface area contributed by atoms with Crippen molar-refractivity contribution >= 4 is 26.7 Å². The fourth-order valence-electron chi connectivity index (χ4n) is 6.38. The first kappa shape index (κ1) is 34.4. The van der Waals surface area contributed by atoms with Crippen molar-refractivity contribution in [2.75, 3.05) is 26.2 Å². The molecule has 0 bridgehead atoms. The molecule has 0 unspecified atom stereocenters. The third-order valence-corrected chi connectivity index (χ3v) is 10.3. The lowest BCUT2D eigenvalue weighted by atomic mass is 9.94. The summed E-state index contributed by atoms with van der Waals surface area (Å²) in [5.74, 6) is -0.323. The zero-order valence-corrected chi connectivity index (χ0v) is 27.3. The van der Waals surface area contributed by atoms with Gasteiger partial charge >= 0.3 is 6.18 Å². The number of halogens is 4. The molecule has 0 aliphatic carbocycles. The smallest absolute Gasteiger partial charge is 0.392 e. The molecule has 1 fully saturated rings. The highest BCUT2D eigenvalue weighted by Crippen LogP contribution is 2.39. The Morgan fingerprint density at radius 2 is 1.80 bits per heavy atom. The second-order valence-corrected chi connectivity index (χ2v) is 13.9. The number of likely N-dealkylation sites (tertiary alicyclic amines) is 1. The second-order valence-electron chi connectivity index (χ2n) is 12.1. The average Bonchev–Trinajstić information content (AvgIpc) is 3.69. The number of sulfonamides is 1. The lowest BCUT2D eigenvalue weighted by molar-refractivity contribution is -0.137. The molecule has 1 aliphatic rings. The molecule has 3 N–H and O–H groups in total. The Balaban J connectivity index is 1.02. The Kier molecular flexibility index (Phi) is 9.71. The van der Waals surface area contributed by atoms with Gasteiger partial charge in [0.05, 0.1) is 29.0 Å². The molecule has 0 saturated carbocycles. The summed E-state index contributed by atoms with van der Waals surface area (Å²) in [6.07, 6.45) is -1.20. The van der Waals surface area contributed by atoms with Gasteiger partial charge in [0.25, 0.3) is 0 Å². The van der Waals surface area contributed by atoms with Gasteiger partial charge < -0.3 is 15.0 Å². The number of hydrogen-bond acceptors (Lipinski definition) is 7. The third-order valence-electron chi connectivity index (χ3n) is 8.86. The Bertz CT molecular complexity index is 2090. The summed E-state index contributed by atoms with van der Waals surface area (Å²) < 4.78 is 85.2. The number of aliphatic hydroxyl groups excluding tert-OH is 1. The minimum Gasteiger partial charge on any atom is -0.392 e. The highest BCUT2D eigenvalue weighted by molar-refractivity contribution is 7.89. The van der Waals surface area contributed by atoms with Crippen molar-refractivity contribution in [3.63, 3.8) is 0 Å². The molecular weight excluding hydrogens is 664 g/mol. The number of H-pyrrole nitrogens is 1. The van der Waals surface area contributed by atoms with Gasteiger partial charge in [0, 0.05) is 43.0 Å². The molecule has 0 spiro atoms.